The molecule has 0 aliphatic carbocycles. The third kappa shape index (κ3) is 2.35. The molecule has 0 spiro atoms. The topological polar surface area (TPSA) is 59.3 Å². The lowest BCUT2D eigenvalue weighted by Gasteiger charge is -2.06. The predicted molar refractivity (Wildman–Crippen MR) is 77.1 cm³/mol. The van der Waals surface area contributed by atoms with Crippen LogP contribution in [0.3, 0.4) is 0 Å². The number of anilines is 1. The maximum Gasteiger partial charge on any atom is 0.274 e. The highest BCUT2D eigenvalue weighted by Crippen LogP contribution is 2.16. The summed E-state index contributed by atoms with van der Waals surface area (Å²) in [6.07, 6.45) is 1.65. The first-order chi connectivity index (χ1) is 9.63. The number of carbonyl (C=O) groups is 1. The Morgan fingerprint density at radius 2 is 2.15 bits per heavy atom. The van der Waals surface area contributed by atoms with Gasteiger partial charge in [-0.15, -0.1) is 0 Å². The van der Waals surface area contributed by atoms with Crippen molar-refractivity contribution in [3.8, 4) is 0 Å². The van der Waals surface area contributed by atoms with Crippen molar-refractivity contribution < 1.29 is 4.79 Å². The van der Waals surface area contributed by atoms with Crippen LogP contribution in [-0.4, -0.2) is 20.5 Å². The maximum atomic E-state index is 12.2. The van der Waals surface area contributed by atoms with Crippen molar-refractivity contribution in [2.45, 2.75) is 6.92 Å². The van der Waals surface area contributed by atoms with Crippen molar-refractivity contribution in [1.82, 2.24) is 14.6 Å². The van der Waals surface area contributed by atoms with Crippen molar-refractivity contribution in [2.24, 2.45) is 0 Å². The Hall–Kier alpha value is -2.40. The molecule has 0 atom stereocenters. The van der Waals surface area contributed by atoms with E-state index in [9.17, 15) is 4.79 Å². The van der Waals surface area contributed by atoms with E-state index >= 15 is 0 Å². The normalized spacial score (nSPS) is 10.7. The van der Waals surface area contributed by atoms with Gasteiger partial charge in [-0.25, -0.2) is 9.50 Å². The van der Waals surface area contributed by atoms with Crippen LogP contribution >= 0.6 is 11.6 Å². The first-order valence-corrected chi connectivity index (χ1v) is 6.39. The zero-order valence-electron chi connectivity index (χ0n) is 10.7. The van der Waals surface area contributed by atoms with Crippen molar-refractivity contribution in [2.75, 3.05) is 5.32 Å². The molecular weight excluding hydrogens is 276 g/mol. The molecule has 2 aromatic heterocycles. The summed E-state index contributed by atoms with van der Waals surface area (Å²) in [5.74, 6) is -0.279. The van der Waals surface area contributed by atoms with Gasteiger partial charge in [-0.05, 0) is 31.2 Å². The quantitative estimate of drug-likeness (QED) is 0.788. The number of hydrogen-bond donors (Lipinski definition) is 1. The number of rotatable bonds is 2. The van der Waals surface area contributed by atoms with Crippen LogP contribution in [0.15, 0.2) is 42.6 Å². The summed E-state index contributed by atoms with van der Waals surface area (Å²) in [7, 11) is 0. The second-order valence-corrected chi connectivity index (χ2v) is 4.78. The first-order valence-electron chi connectivity index (χ1n) is 6.02. The summed E-state index contributed by atoms with van der Waals surface area (Å²) in [5.41, 5.74) is 2.46. The number of fused-ring (bicyclic) bond motifs is 1. The van der Waals surface area contributed by atoms with Gasteiger partial charge >= 0.3 is 0 Å². The van der Waals surface area contributed by atoms with Gasteiger partial charge in [0.05, 0.1) is 6.20 Å². The summed E-state index contributed by atoms with van der Waals surface area (Å²) < 4.78 is 1.68. The molecule has 5 nitrogen and oxygen atoms in total. The third-order valence-corrected chi connectivity index (χ3v) is 3.09. The predicted octanol–water partition coefficient (Wildman–Crippen LogP) is 2.94. The van der Waals surface area contributed by atoms with E-state index in [1.165, 1.54) is 0 Å². The molecule has 0 saturated heterocycles. The van der Waals surface area contributed by atoms with E-state index < -0.39 is 0 Å². The van der Waals surface area contributed by atoms with E-state index in [2.05, 4.69) is 15.4 Å². The second kappa shape index (κ2) is 4.94. The summed E-state index contributed by atoms with van der Waals surface area (Å²) in [5, 5.41) is 7.45. The number of nitrogens with zero attached hydrogens (tertiary/aromatic N) is 3. The lowest BCUT2D eigenvalue weighted by molar-refractivity contribution is 0.102. The Morgan fingerprint density at radius 1 is 1.30 bits per heavy atom. The molecule has 0 aliphatic rings. The molecule has 0 bridgehead atoms. The van der Waals surface area contributed by atoms with E-state index in [0.717, 1.165) is 5.69 Å². The second-order valence-electron chi connectivity index (χ2n) is 4.35. The Kier molecular flexibility index (Phi) is 3.12. The molecular formula is C14H11ClN4O. The number of nitrogens with one attached hydrogen (secondary N) is 1. The smallest absolute Gasteiger partial charge is 0.274 e. The van der Waals surface area contributed by atoms with E-state index in [1.54, 1.807) is 47.1 Å². The van der Waals surface area contributed by atoms with Gasteiger partial charge in [0.2, 0.25) is 0 Å². The van der Waals surface area contributed by atoms with Crippen LogP contribution in [0, 0.1) is 6.92 Å². The highest BCUT2D eigenvalue weighted by atomic mass is 35.5. The van der Waals surface area contributed by atoms with Crippen LogP contribution in [0.25, 0.3) is 5.65 Å². The summed E-state index contributed by atoms with van der Waals surface area (Å²) >= 11 is 5.88. The Balaban J connectivity index is 1.92. The lowest BCUT2D eigenvalue weighted by atomic mass is 10.3. The monoisotopic (exact) mass is 286 g/mol. The van der Waals surface area contributed by atoms with Crippen molar-refractivity contribution in [1.29, 1.82) is 0 Å². The molecule has 0 unspecified atom stereocenters. The number of amides is 1. The standard InChI is InChI=1S/C14H11ClN4O/c1-9-7-12(18-13-5-6-16-19(9)13)14(20)17-11-4-2-3-10(15)8-11/h2-8H,1H3,(H,17,20). The fraction of sp³-hybridized carbons (Fsp3) is 0.0714. The van der Waals surface area contributed by atoms with Gasteiger partial charge in [0, 0.05) is 22.5 Å². The van der Waals surface area contributed by atoms with Gasteiger partial charge in [0.15, 0.2) is 5.65 Å². The Morgan fingerprint density at radius 3 is 2.95 bits per heavy atom. The molecule has 0 aliphatic heterocycles. The summed E-state index contributed by atoms with van der Waals surface area (Å²) in [6.45, 7) is 1.87. The SMILES string of the molecule is Cc1cc(C(=O)Nc2cccc(Cl)c2)nc2ccnn12. The van der Waals surface area contributed by atoms with Crippen molar-refractivity contribution in [3.05, 3.63) is 59.0 Å². The zero-order chi connectivity index (χ0) is 14.1. The van der Waals surface area contributed by atoms with Crippen LogP contribution in [0.2, 0.25) is 5.02 Å². The molecule has 0 saturated carbocycles. The van der Waals surface area contributed by atoms with Gasteiger partial charge in [-0.3, -0.25) is 4.79 Å². The summed E-state index contributed by atoms with van der Waals surface area (Å²) in [4.78, 5) is 16.5. The number of aryl methyl sites for hydroxylation is 1. The molecule has 1 N–H and O–H groups in total. The minimum absolute atomic E-state index is 0.279. The molecule has 0 fully saturated rings. The van der Waals surface area contributed by atoms with E-state index in [4.69, 9.17) is 11.6 Å². The van der Waals surface area contributed by atoms with Crippen LogP contribution in [0.5, 0.6) is 0 Å². The zero-order valence-corrected chi connectivity index (χ0v) is 11.4. The highest BCUT2D eigenvalue weighted by molar-refractivity contribution is 6.30. The average Bonchev–Trinajstić information content (AvgIpc) is 2.87. The number of carbonyl (C=O) groups excluding carboxylic acids is 1. The van der Waals surface area contributed by atoms with E-state index in [1.807, 2.05) is 6.92 Å². The number of halogens is 1. The largest absolute Gasteiger partial charge is 0.321 e. The molecule has 3 aromatic rings. The minimum atomic E-state index is -0.279. The molecule has 3 rings (SSSR count). The van der Waals surface area contributed by atoms with Crippen molar-refractivity contribution >= 4 is 28.8 Å². The van der Waals surface area contributed by atoms with Gasteiger partial charge in [-0.1, -0.05) is 17.7 Å². The fourth-order valence-electron chi connectivity index (χ4n) is 1.95. The number of benzene rings is 1. The first kappa shape index (κ1) is 12.6. The van der Waals surface area contributed by atoms with Crippen LogP contribution in [0.1, 0.15) is 16.2 Å². The van der Waals surface area contributed by atoms with Crippen LogP contribution < -0.4 is 5.32 Å². The van der Waals surface area contributed by atoms with E-state index in [-0.39, 0.29) is 5.91 Å². The lowest BCUT2D eigenvalue weighted by Crippen LogP contribution is -2.15. The van der Waals surface area contributed by atoms with Gasteiger partial charge < -0.3 is 5.32 Å². The fourth-order valence-corrected chi connectivity index (χ4v) is 2.14. The molecule has 20 heavy (non-hydrogen) atoms. The van der Waals surface area contributed by atoms with Crippen LogP contribution in [0.4, 0.5) is 5.69 Å². The average molecular weight is 287 g/mol. The number of aromatic nitrogens is 3. The van der Waals surface area contributed by atoms with Crippen LogP contribution in [-0.2, 0) is 0 Å². The van der Waals surface area contributed by atoms with E-state index in [0.29, 0.717) is 22.1 Å². The number of hydrogen-bond acceptors (Lipinski definition) is 3. The van der Waals surface area contributed by atoms with Gasteiger partial charge in [0.25, 0.3) is 5.91 Å². The van der Waals surface area contributed by atoms with Crippen molar-refractivity contribution in [3.63, 3.8) is 0 Å². The molecule has 1 amide bonds. The third-order valence-electron chi connectivity index (χ3n) is 2.85. The highest BCUT2D eigenvalue weighted by Gasteiger charge is 2.11. The molecule has 6 heteroatoms. The molecule has 2 heterocycles. The molecule has 100 valence electrons. The molecule has 1 aromatic carbocycles. The maximum absolute atomic E-state index is 12.2. The van der Waals surface area contributed by atoms with Gasteiger partial charge in [0.1, 0.15) is 5.69 Å². The molecule has 0 radical (unpaired) electrons. The minimum Gasteiger partial charge on any atom is -0.321 e. The Labute approximate surface area is 120 Å². The summed E-state index contributed by atoms with van der Waals surface area (Å²) in [6, 6.07) is 10.4. The van der Waals surface area contributed by atoms with Gasteiger partial charge in [-0.2, -0.15) is 5.10 Å². The Bertz CT molecular complexity index is 797.